The first kappa shape index (κ1) is 14.5. The third-order valence-electron chi connectivity index (χ3n) is 3.70. The second-order valence-corrected chi connectivity index (χ2v) is 6.46. The summed E-state index contributed by atoms with van der Waals surface area (Å²) in [6, 6.07) is 9.65. The third kappa shape index (κ3) is 3.11. The Bertz CT molecular complexity index is 677. The van der Waals surface area contributed by atoms with Crippen LogP contribution in [0.3, 0.4) is 0 Å². The van der Waals surface area contributed by atoms with E-state index in [2.05, 4.69) is 20.9 Å². The van der Waals surface area contributed by atoms with Gasteiger partial charge in [0.25, 0.3) is 5.91 Å². The fraction of sp³-hybridized carbons (Fsp3) is 0.250. The van der Waals surface area contributed by atoms with E-state index in [1.807, 2.05) is 35.2 Å². The minimum absolute atomic E-state index is 0.0197. The average Bonchev–Trinajstić information content (AvgIpc) is 2.96. The molecule has 1 aromatic carbocycles. The van der Waals surface area contributed by atoms with Crippen molar-refractivity contribution in [1.82, 2.24) is 9.88 Å². The molecular weight excluding hydrogens is 352 g/mol. The highest BCUT2D eigenvalue weighted by Crippen LogP contribution is 2.34. The van der Waals surface area contributed by atoms with Crippen LogP contribution < -0.4 is 0 Å². The number of aromatic nitrogens is 1. The van der Waals surface area contributed by atoms with Crippen LogP contribution in [0.4, 0.5) is 0 Å². The summed E-state index contributed by atoms with van der Waals surface area (Å²) in [6.45, 7) is 0.766. The highest BCUT2D eigenvalue weighted by Gasteiger charge is 2.30. The molecule has 1 aliphatic heterocycles. The molecule has 0 spiro atoms. The number of carbonyl (C=O) groups excluding carboxylic acids is 1. The molecule has 1 unspecified atom stereocenters. The van der Waals surface area contributed by atoms with E-state index >= 15 is 0 Å². The van der Waals surface area contributed by atoms with Crippen molar-refractivity contribution in [2.75, 3.05) is 6.54 Å². The molecule has 0 N–H and O–H groups in total. The van der Waals surface area contributed by atoms with Crippen molar-refractivity contribution in [3.63, 3.8) is 0 Å². The molecule has 1 aliphatic rings. The lowest BCUT2D eigenvalue weighted by atomic mass is 10.0. The van der Waals surface area contributed by atoms with Crippen LogP contribution in [0.15, 0.2) is 47.2 Å². The highest BCUT2D eigenvalue weighted by atomic mass is 79.9. The van der Waals surface area contributed by atoms with Gasteiger partial charge in [-0.1, -0.05) is 23.7 Å². The van der Waals surface area contributed by atoms with Gasteiger partial charge in [0.05, 0.1) is 11.6 Å². The summed E-state index contributed by atoms with van der Waals surface area (Å²) >= 11 is 9.43. The van der Waals surface area contributed by atoms with Gasteiger partial charge in [0.1, 0.15) is 0 Å². The Morgan fingerprint density at radius 1 is 1.33 bits per heavy atom. The van der Waals surface area contributed by atoms with E-state index in [0.717, 1.165) is 29.4 Å². The molecule has 0 aliphatic carbocycles. The monoisotopic (exact) mass is 364 g/mol. The van der Waals surface area contributed by atoms with Gasteiger partial charge in [0.2, 0.25) is 0 Å². The molecular formula is C16H14BrClN2O. The van der Waals surface area contributed by atoms with Crippen LogP contribution in [-0.4, -0.2) is 22.3 Å². The SMILES string of the molecule is O=C(c1cncc(Br)c1)N1CCCC1c1cccc(Cl)c1. The molecule has 0 bridgehead atoms. The molecule has 1 aromatic heterocycles. The summed E-state index contributed by atoms with van der Waals surface area (Å²) in [4.78, 5) is 18.7. The smallest absolute Gasteiger partial charge is 0.255 e. The maximum atomic E-state index is 12.7. The van der Waals surface area contributed by atoms with E-state index in [1.165, 1.54) is 0 Å². The van der Waals surface area contributed by atoms with Gasteiger partial charge < -0.3 is 4.90 Å². The number of likely N-dealkylation sites (tertiary alicyclic amines) is 1. The topological polar surface area (TPSA) is 33.2 Å². The number of halogens is 2. The Labute approximate surface area is 137 Å². The standard InChI is InChI=1S/C16H14BrClN2O/c17-13-7-12(9-19-10-13)16(21)20-6-2-5-15(20)11-3-1-4-14(18)8-11/h1,3-4,7-10,15H,2,5-6H2. The van der Waals surface area contributed by atoms with Crippen molar-refractivity contribution in [3.8, 4) is 0 Å². The van der Waals surface area contributed by atoms with Gasteiger partial charge in [0, 0.05) is 28.4 Å². The molecule has 0 saturated carbocycles. The lowest BCUT2D eigenvalue weighted by Gasteiger charge is -2.25. The summed E-state index contributed by atoms with van der Waals surface area (Å²) in [5, 5.41) is 0.705. The third-order valence-corrected chi connectivity index (χ3v) is 4.37. The Morgan fingerprint density at radius 3 is 2.95 bits per heavy atom. The fourth-order valence-electron chi connectivity index (χ4n) is 2.76. The second kappa shape index (κ2) is 6.16. The molecule has 3 rings (SSSR count). The lowest BCUT2D eigenvalue weighted by molar-refractivity contribution is 0.0735. The zero-order valence-electron chi connectivity index (χ0n) is 11.3. The number of hydrogen-bond acceptors (Lipinski definition) is 2. The quantitative estimate of drug-likeness (QED) is 0.786. The zero-order chi connectivity index (χ0) is 14.8. The Hall–Kier alpha value is -1.39. The van der Waals surface area contributed by atoms with E-state index in [9.17, 15) is 4.79 Å². The molecule has 0 radical (unpaired) electrons. The fourth-order valence-corrected chi connectivity index (χ4v) is 3.33. The van der Waals surface area contributed by atoms with Crippen LogP contribution in [0.2, 0.25) is 5.02 Å². The van der Waals surface area contributed by atoms with Crippen LogP contribution in [0.5, 0.6) is 0 Å². The Balaban J connectivity index is 1.89. The van der Waals surface area contributed by atoms with Gasteiger partial charge in [-0.05, 0) is 52.5 Å². The molecule has 1 amide bonds. The van der Waals surface area contributed by atoms with Crippen LogP contribution in [0.1, 0.15) is 34.8 Å². The average molecular weight is 366 g/mol. The minimum Gasteiger partial charge on any atom is -0.332 e. The van der Waals surface area contributed by atoms with Gasteiger partial charge in [-0.15, -0.1) is 0 Å². The van der Waals surface area contributed by atoms with E-state index < -0.39 is 0 Å². The number of hydrogen-bond donors (Lipinski definition) is 0. The number of amides is 1. The number of rotatable bonds is 2. The molecule has 5 heteroatoms. The molecule has 2 aromatic rings. The van der Waals surface area contributed by atoms with Crippen LogP contribution in [-0.2, 0) is 0 Å². The molecule has 108 valence electrons. The predicted molar refractivity (Wildman–Crippen MR) is 86.4 cm³/mol. The number of carbonyl (C=O) groups is 1. The van der Waals surface area contributed by atoms with Crippen molar-refractivity contribution in [3.05, 3.63) is 63.3 Å². The summed E-state index contributed by atoms with van der Waals surface area (Å²) in [6.07, 6.45) is 5.26. The van der Waals surface area contributed by atoms with Gasteiger partial charge in [-0.3, -0.25) is 9.78 Å². The summed E-state index contributed by atoms with van der Waals surface area (Å²) < 4.78 is 0.812. The number of pyridine rings is 1. The second-order valence-electron chi connectivity index (χ2n) is 5.10. The normalized spacial score (nSPS) is 18.0. The summed E-state index contributed by atoms with van der Waals surface area (Å²) in [7, 11) is 0. The van der Waals surface area contributed by atoms with Gasteiger partial charge >= 0.3 is 0 Å². The van der Waals surface area contributed by atoms with E-state index in [0.29, 0.717) is 10.6 Å². The first-order valence-corrected chi connectivity index (χ1v) is 7.99. The largest absolute Gasteiger partial charge is 0.332 e. The summed E-state index contributed by atoms with van der Waals surface area (Å²) in [5.74, 6) is 0.0197. The van der Waals surface area contributed by atoms with E-state index in [1.54, 1.807) is 12.4 Å². The Kier molecular flexibility index (Phi) is 4.27. The van der Waals surface area contributed by atoms with Crippen molar-refractivity contribution >= 4 is 33.4 Å². The zero-order valence-corrected chi connectivity index (χ0v) is 13.6. The molecule has 21 heavy (non-hydrogen) atoms. The predicted octanol–water partition coefficient (Wildman–Crippen LogP) is 4.47. The van der Waals surface area contributed by atoms with Gasteiger partial charge in [0.15, 0.2) is 0 Å². The van der Waals surface area contributed by atoms with Crippen molar-refractivity contribution in [2.24, 2.45) is 0 Å². The summed E-state index contributed by atoms with van der Waals surface area (Å²) in [5.41, 5.74) is 1.70. The maximum Gasteiger partial charge on any atom is 0.255 e. The first-order valence-electron chi connectivity index (χ1n) is 6.82. The van der Waals surface area contributed by atoms with Crippen molar-refractivity contribution in [1.29, 1.82) is 0 Å². The van der Waals surface area contributed by atoms with Gasteiger partial charge in [-0.2, -0.15) is 0 Å². The Morgan fingerprint density at radius 2 is 2.19 bits per heavy atom. The maximum absolute atomic E-state index is 12.7. The minimum atomic E-state index is 0.0197. The highest BCUT2D eigenvalue weighted by molar-refractivity contribution is 9.10. The van der Waals surface area contributed by atoms with E-state index in [4.69, 9.17) is 11.6 Å². The molecule has 1 fully saturated rings. The first-order chi connectivity index (χ1) is 10.1. The van der Waals surface area contributed by atoms with Crippen LogP contribution >= 0.6 is 27.5 Å². The molecule has 1 saturated heterocycles. The number of benzene rings is 1. The van der Waals surface area contributed by atoms with Crippen LogP contribution in [0.25, 0.3) is 0 Å². The van der Waals surface area contributed by atoms with Gasteiger partial charge in [-0.25, -0.2) is 0 Å². The number of nitrogens with zero attached hydrogens (tertiary/aromatic N) is 2. The molecule has 1 atom stereocenters. The molecule has 2 heterocycles. The van der Waals surface area contributed by atoms with Crippen LogP contribution in [0, 0.1) is 0 Å². The van der Waals surface area contributed by atoms with Crippen molar-refractivity contribution in [2.45, 2.75) is 18.9 Å². The lowest BCUT2D eigenvalue weighted by Crippen LogP contribution is -2.30. The van der Waals surface area contributed by atoms with Crippen molar-refractivity contribution < 1.29 is 4.79 Å². The van der Waals surface area contributed by atoms with E-state index in [-0.39, 0.29) is 11.9 Å². The molecule has 3 nitrogen and oxygen atoms in total.